The summed E-state index contributed by atoms with van der Waals surface area (Å²) in [5, 5.41) is 14.5. The number of hydrogen-bond donors (Lipinski definition) is 2. The highest BCUT2D eigenvalue weighted by atomic mass is 33.1. The maximum Gasteiger partial charge on any atom is 0.256 e. The van der Waals surface area contributed by atoms with E-state index in [0.29, 0.717) is 16.7 Å². The molecule has 13 heteroatoms. The van der Waals surface area contributed by atoms with Crippen LogP contribution in [0.2, 0.25) is 0 Å². The molecule has 0 radical (unpaired) electrons. The quantitative estimate of drug-likeness (QED) is 0.0565. The molecule has 0 unspecified atom stereocenters. The number of methoxy groups -OCH3 is 2. The number of rotatable bonds is 16. The number of fused-ring (bicyclic) bond motifs is 1. The molecule has 1 amide bonds. The third kappa shape index (κ3) is 8.07. The van der Waals surface area contributed by atoms with Crippen molar-refractivity contribution in [2.75, 3.05) is 31.9 Å². The molecule has 11 nitrogen and oxygen atoms in total. The molecule has 6 aromatic rings. The number of unbranched alkanes of at least 4 members (excludes halogenated alkanes) is 1. The van der Waals surface area contributed by atoms with Crippen molar-refractivity contribution in [3.63, 3.8) is 0 Å². The van der Waals surface area contributed by atoms with Crippen molar-refractivity contribution in [3.05, 3.63) is 144 Å². The molecule has 1 fully saturated rings. The molecule has 0 saturated carbocycles. The molecule has 0 bridgehead atoms. The summed E-state index contributed by atoms with van der Waals surface area (Å²) in [5.74, 6) is 2.33. The lowest BCUT2D eigenvalue weighted by Gasteiger charge is -2.37. The van der Waals surface area contributed by atoms with Crippen LogP contribution < -0.4 is 14.8 Å². The summed E-state index contributed by atoms with van der Waals surface area (Å²) >= 11 is 0. The summed E-state index contributed by atoms with van der Waals surface area (Å²) < 4.78 is 26.8. The zero-order valence-corrected chi connectivity index (χ0v) is 32.4. The van der Waals surface area contributed by atoms with Crippen LogP contribution in [0.25, 0.3) is 11.2 Å². The number of imidazole rings is 1. The van der Waals surface area contributed by atoms with Crippen molar-refractivity contribution in [2.24, 2.45) is 0 Å². The SMILES string of the molecule is CCCCSS[C@H]1[C@@H](O)[C@H](n2cnc3c(NC(=O)c4ccccc4)ncnc32)O[C@@H]1COC(c1ccccc1)(c1ccc(OC)cc1)c1ccc(OC)cc1. The second-order valence-electron chi connectivity index (χ2n) is 13.0. The Morgan fingerprint density at radius 2 is 1.47 bits per heavy atom. The molecule has 7 rings (SSSR count). The van der Waals surface area contributed by atoms with E-state index in [1.54, 1.807) is 71.0 Å². The number of carbonyl (C=O) groups is 1. The molecule has 4 aromatic carbocycles. The van der Waals surface area contributed by atoms with Crippen molar-refractivity contribution in [1.29, 1.82) is 0 Å². The summed E-state index contributed by atoms with van der Waals surface area (Å²) in [5.41, 5.74) is 2.92. The van der Waals surface area contributed by atoms with Gasteiger partial charge in [0.2, 0.25) is 0 Å². The fourth-order valence-electron chi connectivity index (χ4n) is 6.71. The fourth-order valence-corrected chi connectivity index (χ4v) is 9.71. The molecule has 4 atom stereocenters. The van der Waals surface area contributed by atoms with Gasteiger partial charge < -0.3 is 29.4 Å². The zero-order chi connectivity index (χ0) is 38.2. The minimum atomic E-state index is -1.07. The van der Waals surface area contributed by atoms with Crippen molar-refractivity contribution in [3.8, 4) is 11.5 Å². The minimum absolute atomic E-state index is 0.131. The molecule has 0 spiro atoms. The second kappa shape index (κ2) is 17.7. The molecule has 1 saturated heterocycles. The normalized spacial score (nSPS) is 18.3. The van der Waals surface area contributed by atoms with E-state index in [2.05, 4.69) is 39.3 Å². The second-order valence-corrected chi connectivity index (χ2v) is 15.6. The van der Waals surface area contributed by atoms with Crippen LogP contribution in [-0.2, 0) is 15.1 Å². The summed E-state index contributed by atoms with van der Waals surface area (Å²) in [7, 11) is 6.62. The summed E-state index contributed by atoms with van der Waals surface area (Å²) in [6.45, 7) is 2.29. The number of benzene rings is 4. The number of aliphatic hydroxyl groups is 1. The molecule has 0 aliphatic carbocycles. The molecular weight excluding hydrogens is 735 g/mol. The Labute approximate surface area is 328 Å². The van der Waals surface area contributed by atoms with Gasteiger partial charge in [0.1, 0.15) is 29.5 Å². The average Bonchev–Trinajstić information content (AvgIpc) is 3.81. The van der Waals surface area contributed by atoms with Gasteiger partial charge in [0.05, 0.1) is 38.5 Å². The van der Waals surface area contributed by atoms with E-state index in [1.165, 1.54) is 6.33 Å². The Hall–Kier alpha value is -4.92. The summed E-state index contributed by atoms with van der Waals surface area (Å²) in [6.07, 6.45) is 2.73. The highest BCUT2D eigenvalue weighted by Gasteiger charge is 2.48. The lowest BCUT2D eigenvalue weighted by atomic mass is 9.80. The first-order chi connectivity index (χ1) is 27.0. The number of anilines is 1. The Balaban J connectivity index is 1.24. The van der Waals surface area contributed by atoms with Gasteiger partial charge in [-0.2, -0.15) is 0 Å². The predicted molar refractivity (Wildman–Crippen MR) is 217 cm³/mol. The Bertz CT molecular complexity index is 2110. The Morgan fingerprint density at radius 3 is 2.09 bits per heavy atom. The average molecular weight is 778 g/mol. The number of ether oxygens (including phenoxy) is 4. The Morgan fingerprint density at radius 1 is 0.855 bits per heavy atom. The van der Waals surface area contributed by atoms with Gasteiger partial charge in [0.25, 0.3) is 5.91 Å². The summed E-state index contributed by atoms with van der Waals surface area (Å²) in [4.78, 5) is 26.4. The standard InChI is InChI=1S/C42H43N5O6S2/c1-4-5-24-54-55-37-34(53-41(36(37)48)47-27-45-35-38(43-26-44-39(35)47)46-40(49)28-12-8-6-9-13-28)25-52-42(29-14-10-7-11-15-29,30-16-20-32(50-2)21-17-30)31-18-22-33(51-3)23-19-31/h6-23,26-27,34,36-37,41,48H,4-5,24-25H2,1-3H3,(H,43,44,46,49)/t34-,36-,37-,41-/m1/s1. The van der Waals surface area contributed by atoms with Crippen LogP contribution in [0, 0.1) is 0 Å². The number of hydrogen-bond acceptors (Lipinski definition) is 11. The lowest BCUT2D eigenvalue weighted by Crippen LogP contribution is -2.38. The topological polar surface area (TPSA) is 130 Å². The minimum Gasteiger partial charge on any atom is -0.497 e. The van der Waals surface area contributed by atoms with Gasteiger partial charge in [-0.25, -0.2) is 15.0 Å². The number of carbonyl (C=O) groups excluding carboxylic acids is 1. The van der Waals surface area contributed by atoms with Gasteiger partial charge in [-0.15, -0.1) is 0 Å². The molecule has 284 valence electrons. The van der Waals surface area contributed by atoms with Gasteiger partial charge in [0, 0.05) is 11.3 Å². The lowest BCUT2D eigenvalue weighted by molar-refractivity contribution is -0.0848. The maximum atomic E-state index is 13.0. The van der Waals surface area contributed by atoms with Gasteiger partial charge in [-0.1, -0.05) is 108 Å². The number of aliphatic hydroxyl groups excluding tert-OH is 1. The van der Waals surface area contributed by atoms with E-state index < -0.39 is 24.0 Å². The van der Waals surface area contributed by atoms with Gasteiger partial charge >= 0.3 is 0 Å². The number of aromatic nitrogens is 4. The van der Waals surface area contributed by atoms with Crippen LogP contribution in [0.5, 0.6) is 11.5 Å². The third-order valence-corrected chi connectivity index (χ3v) is 12.6. The Kier molecular flexibility index (Phi) is 12.3. The first-order valence-electron chi connectivity index (χ1n) is 18.1. The van der Waals surface area contributed by atoms with E-state index >= 15 is 0 Å². The van der Waals surface area contributed by atoms with Crippen LogP contribution in [0.1, 0.15) is 53.0 Å². The largest absolute Gasteiger partial charge is 0.497 e. The van der Waals surface area contributed by atoms with Crippen molar-refractivity contribution in [1.82, 2.24) is 19.5 Å². The van der Waals surface area contributed by atoms with Crippen molar-refractivity contribution in [2.45, 2.75) is 49.1 Å². The molecule has 55 heavy (non-hydrogen) atoms. The molecule has 3 heterocycles. The molecule has 1 aliphatic heterocycles. The van der Waals surface area contributed by atoms with E-state index in [9.17, 15) is 9.90 Å². The first-order valence-corrected chi connectivity index (χ1v) is 20.5. The zero-order valence-electron chi connectivity index (χ0n) is 30.8. The molecule has 2 aromatic heterocycles. The third-order valence-electron chi connectivity index (χ3n) is 9.61. The van der Waals surface area contributed by atoms with Gasteiger partial charge in [0.15, 0.2) is 23.2 Å². The van der Waals surface area contributed by atoms with Crippen LogP contribution >= 0.6 is 21.6 Å². The maximum absolute atomic E-state index is 13.0. The molecule has 2 N–H and O–H groups in total. The number of amides is 1. The van der Waals surface area contributed by atoms with Crippen molar-refractivity contribution < 1.29 is 28.8 Å². The van der Waals surface area contributed by atoms with E-state index in [-0.39, 0.29) is 23.6 Å². The predicted octanol–water partition coefficient (Wildman–Crippen LogP) is 7.91. The highest BCUT2D eigenvalue weighted by Crippen LogP contribution is 2.46. The van der Waals surface area contributed by atoms with E-state index in [4.69, 9.17) is 18.9 Å². The monoisotopic (exact) mass is 777 g/mol. The van der Waals surface area contributed by atoms with E-state index in [0.717, 1.165) is 46.8 Å². The number of nitrogens with one attached hydrogen (secondary N) is 1. The van der Waals surface area contributed by atoms with E-state index in [1.807, 2.05) is 72.8 Å². The molecular formula is C42H43N5O6S2. The molecule has 1 aliphatic rings. The van der Waals surface area contributed by atoms with Crippen LogP contribution in [0.15, 0.2) is 122 Å². The van der Waals surface area contributed by atoms with Gasteiger partial charge in [-0.05, 0) is 59.5 Å². The summed E-state index contributed by atoms with van der Waals surface area (Å²) in [6, 6.07) is 34.8. The van der Waals surface area contributed by atoms with Crippen LogP contribution in [-0.4, -0.2) is 74.6 Å². The van der Waals surface area contributed by atoms with Gasteiger partial charge in [-0.3, -0.25) is 9.36 Å². The van der Waals surface area contributed by atoms with Crippen LogP contribution in [0.4, 0.5) is 5.82 Å². The smallest absolute Gasteiger partial charge is 0.256 e. The number of nitrogens with zero attached hydrogens (tertiary/aromatic N) is 4. The first kappa shape index (κ1) is 38.4. The van der Waals surface area contributed by atoms with Crippen molar-refractivity contribution >= 4 is 44.5 Å². The highest BCUT2D eigenvalue weighted by molar-refractivity contribution is 8.77. The van der Waals surface area contributed by atoms with Crippen LogP contribution in [0.3, 0.4) is 0 Å². The fraction of sp³-hybridized carbons (Fsp3) is 0.286.